The molecule has 18 heavy (non-hydrogen) atoms. The molecule has 1 aromatic rings. The normalized spacial score (nSPS) is 44.7. The van der Waals surface area contributed by atoms with Gasteiger partial charge in [-0.05, 0) is 73.2 Å². The SMILES string of the molecule is CC12CC(CCc3ccccc3)C3(CCC3C1)C2. The Bertz CT molecular complexity index is 448. The highest BCUT2D eigenvalue weighted by atomic mass is 14.7. The number of rotatable bonds is 3. The summed E-state index contributed by atoms with van der Waals surface area (Å²) in [5, 5.41) is 0. The van der Waals surface area contributed by atoms with Gasteiger partial charge in [0.2, 0.25) is 0 Å². The number of aryl methyl sites for hydroxylation is 1. The second-order valence-electron chi connectivity index (χ2n) is 7.59. The monoisotopic (exact) mass is 240 g/mol. The molecule has 3 aliphatic rings. The highest BCUT2D eigenvalue weighted by molar-refractivity contribution is 5.18. The molecule has 0 heteroatoms. The number of hydrogen-bond acceptors (Lipinski definition) is 0. The molecule has 2 bridgehead atoms. The van der Waals surface area contributed by atoms with Gasteiger partial charge in [-0.1, -0.05) is 37.3 Å². The Hall–Kier alpha value is -0.780. The molecule has 3 fully saturated rings. The lowest BCUT2D eigenvalue weighted by Crippen LogP contribution is -2.42. The molecule has 3 aliphatic carbocycles. The average molecular weight is 240 g/mol. The summed E-state index contributed by atoms with van der Waals surface area (Å²) in [6.45, 7) is 2.57. The summed E-state index contributed by atoms with van der Waals surface area (Å²) in [6, 6.07) is 11.1. The maximum Gasteiger partial charge on any atom is -0.0235 e. The van der Waals surface area contributed by atoms with Gasteiger partial charge in [0, 0.05) is 0 Å². The van der Waals surface area contributed by atoms with E-state index in [2.05, 4.69) is 37.3 Å². The fraction of sp³-hybridized carbons (Fsp3) is 0.667. The standard InChI is InChI=1S/C18H24/c1-17-11-15(8-7-14-5-3-2-4-6-14)18(13-17)10-9-16(18)12-17/h2-6,15-16H,7-13H2,1H3. The molecule has 1 aromatic carbocycles. The van der Waals surface area contributed by atoms with E-state index in [1.165, 1.54) is 31.2 Å². The fourth-order valence-corrected chi connectivity index (χ4v) is 5.73. The van der Waals surface area contributed by atoms with E-state index in [-0.39, 0.29) is 0 Å². The largest absolute Gasteiger partial charge is 0.0622 e. The zero-order chi connectivity index (χ0) is 12.2. The van der Waals surface area contributed by atoms with Crippen molar-refractivity contribution in [1.29, 1.82) is 0 Å². The summed E-state index contributed by atoms with van der Waals surface area (Å²) in [5.74, 6) is 2.15. The van der Waals surface area contributed by atoms with Crippen LogP contribution in [-0.2, 0) is 6.42 Å². The van der Waals surface area contributed by atoms with Crippen molar-refractivity contribution in [3.63, 3.8) is 0 Å². The minimum Gasteiger partial charge on any atom is -0.0622 e. The maximum atomic E-state index is 2.57. The van der Waals surface area contributed by atoms with Crippen molar-refractivity contribution >= 4 is 0 Å². The second kappa shape index (κ2) is 3.62. The first-order chi connectivity index (χ1) is 8.70. The number of hydrogen-bond donors (Lipinski definition) is 0. The van der Waals surface area contributed by atoms with Gasteiger partial charge in [-0.15, -0.1) is 0 Å². The van der Waals surface area contributed by atoms with Crippen molar-refractivity contribution in [1.82, 2.24) is 0 Å². The number of fused-ring (bicyclic) bond motifs is 1. The molecule has 4 rings (SSSR count). The molecule has 0 nitrogen and oxygen atoms in total. The minimum atomic E-state index is 0.725. The lowest BCUT2D eigenvalue weighted by molar-refractivity contribution is -0.0102. The fourth-order valence-electron chi connectivity index (χ4n) is 5.73. The first-order valence-corrected chi connectivity index (χ1v) is 7.74. The first kappa shape index (κ1) is 11.1. The quantitative estimate of drug-likeness (QED) is 0.709. The van der Waals surface area contributed by atoms with Gasteiger partial charge in [0.1, 0.15) is 0 Å². The van der Waals surface area contributed by atoms with Crippen molar-refractivity contribution in [3.8, 4) is 0 Å². The van der Waals surface area contributed by atoms with E-state index in [0.29, 0.717) is 0 Å². The summed E-state index contributed by atoms with van der Waals surface area (Å²) in [7, 11) is 0. The zero-order valence-corrected chi connectivity index (χ0v) is 11.5. The van der Waals surface area contributed by atoms with E-state index >= 15 is 0 Å². The Labute approximate surface area is 111 Å². The molecule has 0 radical (unpaired) electrons. The minimum absolute atomic E-state index is 0.725. The summed E-state index contributed by atoms with van der Waals surface area (Å²) < 4.78 is 0. The smallest absolute Gasteiger partial charge is 0.0235 e. The van der Waals surface area contributed by atoms with Gasteiger partial charge in [-0.2, -0.15) is 0 Å². The van der Waals surface area contributed by atoms with Crippen LogP contribution < -0.4 is 0 Å². The lowest BCUT2D eigenvalue weighted by atomic mass is 9.54. The molecule has 4 unspecified atom stereocenters. The first-order valence-electron chi connectivity index (χ1n) is 7.74. The molecule has 3 saturated carbocycles. The average Bonchev–Trinajstić information content (AvgIpc) is 2.78. The van der Waals surface area contributed by atoms with Gasteiger partial charge in [0.05, 0.1) is 0 Å². The van der Waals surface area contributed by atoms with Crippen LogP contribution in [0.2, 0.25) is 0 Å². The van der Waals surface area contributed by atoms with Gasteiger partial charge >= 0.3 is 0 Å². The molecule has 4 atom stereocenters. The van der Waals surface area contributed by atoms with Crippen LogP contribution in [0.5, 0.6) is 0 Å². The van der Waals surface area contributed by atoms with E-state index in [1.807, 2.05) is 0 Å². The zero-order valence-electron chi connectivity index (χ0n) is 11.5. The summed E-state index contributed by atoms with van der Waals surface area (Å²) >= 11 is 0. The molecule has 0 N–H and O–H groups in total. The third kappa shape index (κ3) is 1.44. The third-order valence-corrected chi connectivity index (χ3v) is 6.44. The predicted octanol–water partition coefficient (Wildman–Crippen LogP) is 4.84. The number of benzene rings is 1. The van der Waals surface area contributed by atoms with Gasteiger partial charge in [0.15, 0.2) is 0 Å². The Morgan fingerprint density at radius 3 is 2.67 bits per heavy atom. The van der Waals surface area contributed by atoms with Crippen molar-refractivity contribution in [2.24, 2.45) is 22.7 Å². The highest BCUT2D eigenvalue weighted by Crippen LogP contribution is 2.75. The summed E-state index contributed by atoms with van der Waals surface area (Å²) in [4.78, 5) is 0. The van der Waals surface area contributed by atoms with Crippen molar-refractivity contribution in [2.75, 3.05) is 0 Å². The van der Waals surface area contributed by atoms with Gasteiger partial charge in [-0.3, -0.25) is 0 Å². The van der Waals surface area contributed by atoms with E-state index in [9.17, 15) is 0 Å². The Kier molecular flexibility index (Phi) is 2.23. The van der Waals surface area contributed by atoms with Crippen LogP contribution in [-0.4, -0.2) is 0 Å². The van der Waals surface area contributed by atoms with Crippen LogP contribution in [0.3, 0.4) is 0 Å². The van der Waals surface area contributed by atoms with E-state index in [1.54, 1.807) is 19.3 Å². The molecular weight excluding hydrogens is 216 g/mol. The molecule has 0 amide bonds. The Morgan fingerprint density at radius 2 is 2.00 bits per heavy atom. The third-order valence-electron chi connectivity index (χ3n) is 6.44. The van der Waals surface area contributed by atoms with Crippen LogP contribution >= 0.6 is 0 Å². The van der Waals surface area contributed by atoms with Crippen molar-refractivity contribution < 1.29 is 0 Å². The van der Waals surface area contributed by atoms with Crippen molar-refractivity contribution in [2.45, 2.75) is 51.9 Å². The van der Waals surface area contributed by atoms with Gasteiger partial charge in [-0.25, -0.2) is 0 Å². The predicted molar refractivity (Wildman–Crippen MR) is 75.4 cm³/mol. The van der Waals surface area contributed by atoms with Gasteiger partial charge in [0.25, 0.3) is 0 Å². The molecule has 96 valence electrons. The van der Waals surface area contributed by atoms with E-state index < -0.39 is 0 Å². The van der Waals surface area contributed by atoms with Crippen LogP contribution in [0.15, 0.2) is 30.3 Å². The van der Waals surface area contributed by atoms with Crippen LogP contribution in [0.25, 0.3) is 0 Å². The summed E-state index contributed by atoms with van der Waals surface area (Å²) in [6.07, 6.45) is 10.5. The topological polar surface area (TPSA) is 0 Å². The molecule has 0 heterocycles. The van der Waals surface area contributed by atoms with E-state index in [0.717, 1.165) is 22.7 Å². The molecule has 1 spiro atoms. The molecular formula is C18H24. The molecule has 0 aromatic heterocycles. The second-order valence-corrected chi connectivity index (χ2v) is 7.59. The lowest BCUT2D eigenvalue weighted by Gasteiger charge is -2.51. The van der Waals surface area contributed by atoms with E-state index in [4.69, 9.17) is 0 Å². The van der Waals surface area contributed by atoms with Crippen LogP contribution in [0.4, 0.5) is 0 Å². The van der Waals surface area contributed by atoms with Gasteiger partial charge < -0.3 is 0 Å². The summed E-state index contributed by atoms with van der Waals surface area (Å²) in [5.41, 5.74) is 3.07. The van der Waals surface area contributed by atoms with Crippen LogP contribution in [0, 0.1) is 22.7 Å². The molecule has 0 saturated heterocycles. The highest BCUT2D eigenvalue weighted by Gasteiger charge is 2.65. The van der Waals surface area contributed by atoms with Crippen LogP contribution in [0.1, 0.15) is 51.0 Å². The molecule has 0 aliphatic heterocycles. The Balaban J connectivity index is 1.48. The Morgan fingerprint density at radius 1 is 1.17 bits per heavy atom. The van der Waals surface area contributed by atoms with Crippen molar-refractivity contribution in [3.05, 3.63) is 35.9 Å². The maximum absolute atomic E-state index is 2.57.